The minimum absolute atomic E-state index is 0. The predicted molar refractivity (Wildman–Crippen MR) is 92.3 cm³/mol. The first-order valence-corrected chi connectivity index (χ1v) is 7.70. The van der Waals surface area contributed by atoms with Gasteiger partial charge in [0.2, 0.25) is 0 Å². The third-order valence-electron chi connectivity index (χ3n) is 3.62. The van der Waals surface area contributed by atoms with Gasteiger partial charge in [-0.2, -0.15) is 4.98 Å². The van der Waals surface area contributed by atoms with Crippen LogP contribution in [-0.4, -0.2) is 31.2 Å². The van der Waals surface area contributed by atoms with Gasteiger partial charge in [-0.05, 0) is 24.3 Å². The van der Waals surface area contributed by atoms with Crippen molar-refractivity contribution < 1.29 is 13.5 Å². The van der Waals surface area contributed by atoms with Crippen LogP contribution in [0.1, 0.15) is 5.56 Å². The van der Waals surface area contributed by atoms with E-state index in [0.717, 1.165) is 26.2 Å². The summed E-state index contributed by atoms with van der Waals surface area (Å²) in [6.45, 7) is 3.18. The molecule has 8 heteroatoms. The topological polar surface area (TPSA) is 37.4 Å². The molecule has 0 aliphatic carbocycles. The first kappa shape index (κ1) is 18.7. The van der Waals surface area contributed by atoms with Gasteiger partial charge in [0.25, 0.3) is 5.88 Å². The average Bonchev–Trinajstić information content (AvgIpc) is 2.56. The molecule has 0 saturated carbocycles. The quantitative estimate of drug-likeness (QED) is 0.888. The second-order valence-electron chi connectivity index (χ2n) is 5.22. The number of hydrogen-bond donors (Lipinski definition) is 1. The fourth-order valence-corrected chi connectivity index (χ4v) is 2.53. The zero-order chi connectivity index (χ0) is 16.2. The van der Waals surface area contributed by atoms with Crippen molar-refractivity contribution in [2.24, 2.45) is 0 Å². The molecule has 3 rings (SSSR count). The summed E-state index contributed by atoms with van der Waals surface area (Å²) in [5, 5.41) is 3.54. The second kappa shape index (κ2) is 8.46. The van der Waals surface area contributed by atoms with E-state index in [9.17, 15) is 8.78 Å². The molecule has 0 spiro atoms. The zero-order valence-electron chi connectivity index (χ0n) is 12.8. The smallest absolute Gasteiger partial charge is 0.252 e. The summed E-state index contributed by atoms with van der Waals surface area (Å²) in [7, 11) is 0. The van der Waals surface area contributed by atoms with E-state index < -0.39 is 11.6 Å². The monoisotopic (exact) mass is 375 g/mol. The van der Waals surface area contributed by atoms with E-state index in [1.54, 1.807) is 12.1 Å². The van der Waals surface area contributed by atoms with Gasteiger partial charge in [-0.1, -0.05) is 17.7 Å². The van der Waals surface area contributed by atoms with E-state index >= 15 is 0 Å². The number of pyridine rings is 1. The molecule has 1 aliphatic rings. The largest absolute Gasteiger partial charge is 0.471 e. The van der Waals surface area contributed by atoms with E-state index in [-0.39, 0.29) is 24.9 Å². The molecule has 1 N–H and O–H groups in total. The summed E-state index contributed by atoms with van der Waals surface area (Å²) in [5.74, 6) is -0.538. The number of anilines is 1. The Morgan fingerprint density at radius 1 is 1.12 bits per heavy atom. The fourth-order valence-electron chi connectivity index (χ4n) is 2.37. The van der Waals surface area contributed by atoms with Gasteiger partial charge in [-0.3, -0.25) is 0 Å². The average molecular weight is 376 g/mol. The van der Waals surface area contributed by atoms with Gasteiger partial charge in [0.05, 0.1) is 0 Å². The number of nitrogens with zero attached hydrogens (tertiary/aromatic N) is 2. The number of ether oxygens (including phenoxy) is 1. The Bertz CT molecular complexity index is 697. The molecule has 0 radical (unpaired) electrons. The van der Waals surface area contributed by atoms with Crippen molar-refractivity contribution in [3.8, 4) is 5.88 Å². The minimum Gasteiger partial charge on any atom is -0.471 e. The number of benzene rings is 1. The van der Waals surface area contributed by atoms with Gasteiger partial charge in [-0.25, -0.2) is 8.78 Å². The van der Waals surface area contributed by atoms with Crippen LogP contribution in [0.15, 0.2) is 30.3 Å². The van der Waals surface area contributed by atoms with Crippen molar-refractivity contribution >= 4 is 29.8 Å². The highest BCUT2D eigenvalue weighted by atomic mass is 35.5. The van der Waals surface area contributed by atoms with Crippen LogP contribution in [0, 0.1) is 11.6 Å². The Hall–Kier alpha value is -1.63. The van der Waals surface area contributed by atoms with E-state index in [0.29, 0.717) is 16.4 Å². The molecule has 2 aromatic rings. The zero-order valence-corrected chi connectivity index (χ0v) is 14.3. The normalized spacial score (nSPS) is 14.2. The molecule has 1 aromatic carbocycles. The molecule has 1 fully saturated rings. The van der Waals surface area contributed by atoms with E-state index in [2.05, 4.69) is 10.3 Å². The molecule has 2 heterocycles. The molecule has 0 unspecified atom stereocenters. The third kappa shape index (κ3) is 4.47. The lowest BCUT2D eigenvalue weighted by atomic mass is 10.2. The molecule has 4 nitrogen and oxygen atoms in total. The maximum atomic E-state index is 13.9. The van der Waals surface area contributed by atoms with Crippen molar-refractivity contribution in [1.82, 2.24) is 10.3 Å². The van der Waals surface area contributed by atoms with E-state index in [1.807, 2.05) is 4.90 Å². The van der Waals surface area contributed by atoms with Gasteiger partial charge >= 0.3 is 0 Å². The Morgan fingerprint density at radius 2 is 1.88 bits per heavy atom. The van der Waals surface area contributed by atoms with Gasteiger partial charge in [0.15, 0.2) is 5.82 Å². The molecule has 0 amide bonds. The number of piperazine rings is 1. The lowest BCUT2D eigenvalue weighted by molar-refractivity contribution is 0.272. The van der Waals surface area contributed by atoms with Crippen LogP contribution in [0.5, 0.6) is 5.88 Å². The van der Waals surface area contributed by atoms with Crippen molar-refractivity contribution in [2.45, 2.75) is 6.61 Å². The van der Waals surface area contributed by atoms with Crippen LogP contribution in [0.2, 0.25) is 5.02 Å². The Labute approximate surface area is 150 Å². The number of halogens is 4. The summed E-state index contributed by atoms with van der Waals surface area (Å²) in [6, 6.07) is 7.20. The molecule has 1 aromatic heterocycles. The Kier molecular flexibility index (Phi) is 6.60. The molecule has 1 aliphatic heterocycles. The van der Waals surface area contributed by atoms with Crippen molar-refractivity contribution in [3.05, 3.63) is 52.6 Å². The highest BCUT2D eigenvalue weighted by Crippen LogP contribution is 2.22. The maximum absolute atomic E-state index is 13.9. The molecule has 0 bridgehead atoms. The van der Waals surface area contributed by atoms with E-state index in [1.165, 1.54) is 18.2 Å². The Balaban J connectivity index is 0.00000208. The lowest BCUT2D eigenvalue weighted by Crippen LogP contribution is -2.43. The number of aromatic nitrogens is 1. The minimum atomic E-state index is -0.571. The number of rotatable bonds is 4. The van der Waals surface area contributed by atoms with Gasteiger partial charge in [-0.15, -0.1) is 12.4 Å². The molecule has 24 heavy (non-hydrogen) atoms. The van der Waals surface area contributed by atoms with Crippen LogP contribution in [0.3, 0.4) is 0 Å². The number of nitrogens with one attached hydrogen (secondary N) is 1. The van der Waals surface area contributed by atoms with Crippen LogP contribution in [0.25, 0.3) is 0 Å². The molecule has 0 atom stereocenters. The second-order valence-corrected chi connectivity index (χ2v) is 5.65. The van der Waals surface area contributed by atoms with Gasteiger partial charge in [0.1, 0.15) is 18.2 Å². The first-order chi connectivity index (χ1) is 11.1. The standard InChI is InChI=1S/C16H16ClF2N3O.ClH/c17-12-2-1-11(14(19)9-12)10-23-16-13(18)3-4-15(21-16)22-7-5-20-6-8-22;/h1-4,9,20H,5-8,10H2;1H. The summed E-state index contributed by atoms with van der Waals surface area (Å²) < 4.78 is 33.0. The SMILES string of the molecule is Cl.Fc1cc(Cl)ccc1COc1nc(N2CCNCC2)ccc1F. The van der Waals surface area contributed by atoms with Crippen LogP contribution in [-0.2, 0) is 6.61 Å². The molecular formula is C16H17Cl2F2N3O. The lowest BCUT2D eigenvalue weighted by Gasteiger charge is -2.28. The molecule has 1 saturated heterocycles. The molecule has 130 valence electrons. The summed E-state index contributed by atoms with van der Waals surface area (Å²) in [5.41, 5.74) is 0.295. The first-order valence-electron chi connectivity index (χ1n) is 7.32. The van der Waals surface area contributed by atoms with E-state index in [4.69, 9.17) is 16.3 Å². The van der Waals surface area contributed by atoms with Crippen LogP contribution in [0.4, 0.5) is 14.6 Å². The predicted octanol–water partition coefficient (Wildman–Crippen LogP) is 3.42. The van der Waals surface area contributed by atoms with Crippen LogP contribution < -0.4 is 15.0 Å². The highest BCUT2D eigenvalue weighted by molar-refractivity contribution is 6.30. The number of hydrogen-bond acceptors (Lipinski definition) is 4. The fraction of sp³-hybridized carbons (Fsp3) is 0.312. The van der Waals surface area contributed by atoms with Gasteiger partial charge < -0.3 is 15.0 Å². The van der Waals surface area contributed by atoms with Crippen LogP contribution >= 0.6 is 24.0 Å². The van der Waals surface area contributed by atoms with Crippen molar-refractivity contribution in [1.29, 1.82) is 0 Å². The Morgan fingerprint density at radius 3 is 2.58 bits per heavy atom. The van der Waals surface area contributed by atoms with Crippen molar-refractivity contribution in [3.63, 3.8) is 0 Å². The summed E-state index contributed by atoms with van der Waals surface area (Å²) in [4.78, 5) is 6.26. The molecular weight excluding hydrogens is 359 g/mol. The summed E-state index contributed by atoms with van der Waals surface area (Å²) >= 11 is 5.70. The summed E-state index contributed by atoms with van der Waals surface area (Å²) in [6.07, 6.45) is 0. The van der Waals surface area contributed by atoms with Crippen molar-refractivity contribution in [2.75, 3.05) is 31.1 Å². The van der Waals surface area contributed by atoms with Gasteiger partial charge in [0, 0.05) is 36.8 Å². The highest BCUT2D eigenvalue weighted by Gasteiger charge is 2.15. The maximum Gasteiger partial charge on any atom is 0.252 e. The third-order valence-corrected chi connectivity index (χ3v) is 3.85.